The van der Waals surface area contributed by atoms with E-state index in [4.69, 9.17) is 14.9 Å². The molecule has 1 rings (SSSR count). The molecule has 2 N–H and O–H groups in total. The van der Waals surface area contributed by atoms with Crippen LogP contribution in [0.5, 0.6) is 5.75 Å². The van der Waals surface area contributed by atoms with E-state index in [9.17, 15) is 0 Å². The summed E-state index contributed by atoms with van der Waals surface area (Å²) in [6.45, 7) is 2.50. The Labute approximate surface area is 100 Å². The Bertz CT molecular complexity index is 291. The van der Waals surface area contributed by atoms with Crippen molar-refractivity contribution in [3.63, 3.8) is 0 Å². The minimum atomic E-state index is 0.138. The van der Waals surface area contributed by atoms with Crippen LogP contribution in [-0.4, -0.2) is 48.5 Å². The lowest BCUT2D eigenvalue weighted by Gasteiger charge is -2.20. The molecule has 1 aromatic rings. The van der Waals surface area contributed by atoms with E-state index in [2.05, 4.69) is 4.90 Å². The topological polar surface area (TPSA) is 52.9 Å². The molecule has 0 unspecified atom stereocenters. The third kappa shape index (κ3) is 4.09. The van der Waals surface area contributed by atoms with Crippen molar-refractivity contribution in [3.8, 4) is 5.75 Å². The number of aliphatic hydroxyl groups excluding tert-OH is 2. The minimum Gasteiger partial charge on any atom is -0.496 e. The average Bonchev–Trinajstić information content (AvgIpc) is 2.73. The van der Waals surface area contributed by atoms with Crippen LogP contribution in [0.4, 0.5) is 0 Å². The first kappa shape index (κ1) is 13.4. The Morgan fingerprint density at radius 1 is 1.31 bits per heavy atom. The van der Waals surface area contributed by atoms with E-state index in [-0.39, 0.29) is 13.2 Å². The standard InChI is InChI=1S/C11H19NO3S/c1-15-10-3-8-16-11(10)9-12(5-7-14)4-2-6-13/h3,8,13-14H,2,4-7,9H2,1H3. The minimum absolute atomic E-state index is 0.138. The van der Waals surface area contributed by atoms with Crippen LogP contribution in [-0.2, 0) is 6.54 Å². The molecule has 0 atom stereocenters. The number of methoxy groups -OCH3 is 1. The van der Waals surface area contributed by atoms with Gasteiger partial charge in [0.25, 0.3) is 0 Å². The molecule has 92 valence electrons. The van der Waals surface area contributed by atoms with Crippen molar-refractivity contribution in [2.45, 2.75) is 13.0 Å². The molecule has 0 aliphatic rings. The molecule has 0 amide bonds. The van der Waals surface area contributed by atoms with Gasteiger partial charge in [0.1, 0.15) is 5.75 Å². The van der Waals surface area contributed by atoms with Crippen LogP contribution in [0, 0.1) is 0 Å². The van der Waals surface area contributed by atoms with Crippen molar-refractivity contribution in [1.29, 1.82) is 0 Å². The van der Waals surface area contributed by atoms with Crippen LogP contribution in [0.3, 0.4) is 0 Å². The van der Waals surface area contributed by atoms with E-state index >= 15 is 0 Å². The summed E-state index contributed by atoms with van der Waals surface area (Å²) in [5.74, 6) is 0.900. The van der Waals surface area contributed by atoms with Gasteiger partial charge in [-0.25, -0.2) is 0 Å². The third-order valence-electron chi connectivity index (χ3n) is 2.34. The number of nitrogens with zero attached hydrogens (tertiary/aromatic N) is 1. The number of aliphatic hydroxyl groups is 2. The normalized spacial score (nSPS) is 11.0. The second kappa shape index (κ2) is 7.62. The van der Waals surface area contributed by atoms with E-state index in [0.29, 0.717) is 6.54 Å². The quantitative estimate of drug-likeness (QED) is 0.715. The van der Waals surface area contributed by atoms with Gasteiger partial charge in [-0.15, -0.1) is 11.3 Å². The van der Waals surface area contributed by atoms with Crippen LogP contribution < -0.4 is 4.74 Å². The third-order valence-corrected chi connectivity index (χ3v) is 3.23. The molecule has 0 fully saturated rings. The predicted octanol–water partition coefficient (Wildman–Crippen LogP) is 0.933. The first-order chi connectivity index (χ1) is 7.81. The van der Waals surface area contributed by atoms with Crippen molar-refractivity contribution in [2.24, 2.45) is 0 Å². The predicted molar refractivity (Wildman–Crippen MR) is 64.9 cm³/mol. The van der Waals surface area contributed by atoms with Gasteiger partial charge in [-0.3, -0.25) is 4.90 Å². The average molecular weight is 245 g/mol. The van der Waals surface area contributed by atoms with Crippen molar-refractivity contribution in [1.82, 2.24) is 4.90 Å². The molecular weight excluding hydrogens is 226 g/mol. The SMILES string of the molecule is COc1ccsc1CN(CCO)CCCO. The fourth-order valence-corrected chi connectivity index (χ4v) is 2.42. The highest BCUT2D eigenvalue weighted by molar-refractivity contribution is 7.10. The maximum Gasteiger partial charge on any atom is 0.134 e. The molecule has 0 aliphatic heterocycles. The number of thiophene rings is 1. The molecule has 16 heavy (non-hydrogen) atoms. The zero-order valence-corrected chi connectivity index (χ0v) is 10.4. The lowest BCUT2D eigenvalue weighted by Crippen LogP contribution is -2.27. The Morgan fingerprint density at radius 3 is 2.75 bits per heavy atom. The maximum absolute atomic E-state index is 8.96. The molecule has 0 aliphatic carbocycles. The molecule has 0 spiro atoms. The molecule has 0 saturated carbocycles. The fraction of sp³-hybridized carbons (Fsp3) is 0.636. The monoisotopic (exact) mass is 245 g/mol. The molecule has 0 radical (unpaired) electrons. The van der Waals surface area contributed by atoms with E-state index in [1.807, 2.05) is 11.4 Å². The molecule has 1 heterocycles. The van der Waals surface area contributed by atoms with Gasteiger partial charge >= 0.3 is 0 Å². The molecular formula is C11H19NO3S. The number of hydrogen-bond acceptors (Lipinski definition) is 5. The summed E-state index contributed by atoms with van der Waals surface area (Å²) >= 11 is 1.65. The Hall–Kier alpha value is -0.620. The van der Waals surface area contributed by atoms with Gasteiger partial charge in [0, 0.05) is 26.2 Å². The molecule has 0 saturated heterocycles. The zero-order chi connectivity index (χ0) is 11.8. The lowest BCUT2D eigenvalue weighted by atomic mass is 10.3. The van der Waals surface area contributed by atoms with E-state index in [1.54, 1.807) is 18.4 Å². The van der Waals surface area contributed by atoms with E-state index in [1.165, 1.54) is 0 Å². The summed E-state index contributed by atoms with van der Waals surface area (Å²) in [6.07, 6.45) is 0.730. The van der Waals surface area contributed by atoms with Crippen LogP contribution in [0.2, 0.25) is 0 Å². The summed E-state index contributed by atoms with van der Waals surface area (Å²) in [6, 6.07) is 1.95. The Balaban J connectivity index is 2.52. The van der Waals surface area contributed by atoms with Crippen LogP contribution >= 0.6 is 11.3 Å². The summed E-state index contributed by atoms with van der Waals surface area (Å²) in [5.41, 5.74) is 0. The maximum atomic E-state index is 8.96. The highest BCUT2D eigenvalue weighted by Crippen LogP contribution is 2.25. The van der Waals surface area contributed by atoms with Gasteiger partial charge in [-0.2, -0.15) is 0 Å². The van der Waals surface area contributed by atoms with Gasteiger partial charge in [0.2, 0.25) is 0 Å². The van der Waals surface area contributed by atoms with Gasteiger partial charge in [-0.1, -0.05) is 0 Å². The van der Waals surface area contributed by atoms with Crippen molar-refractivity contribution in [2.75, 3.05) is 33.4 Å². The largest absolute Gasteiger partial charge is 0.496 e. The summed E-state index contributed by atoms with van der Waals surface area (Å²) in [7, 11) is 1.66. The molecule has 0 bridgehead atoms. The number of ether oxygens (including phenoxy) is 1. The molecule has 5 heteroatoms. The van der Waals surface area contributed by atoms with Crippen LogP contribution in [0.25, 0.3) is 0 Å². The number of rotatable bonds is 8. The van der Waals surface area contributed by atoms with Crippen LogP contribution in [0.15, 0.2) is 11.4 Å². The van der Waals surface area contributed by atoms with Crippen molar-refractivity contribution < 1.29 is 14.9 Å². The first-order valence-corrected chi connectivity index (χ1v) is 6.24. The fourth-order valence-electron chi connectivity index (χ4n) is 1.53. The Morgan fingerprint density at radius 2 is 2.12 bits per heavy atom. The second-order valence-electron chi connectivity index (χ2n) is 3.49. The number of hydrogen-bond donors (Lipinski definition) is 2. The summed E-state index contributed by atoms with van der Waals surface area (Å²) in [4.78, 5) is 3.28. The molecule has 4 nitrogen and oxygen atoms in total. The van der Waals surface area contributed by atoms with Crippen molar-refractivity contribution in [3.05, 3.63) is 16.3 Å². The van der Waals surface area contributed by atoms with Gasteiger partial charge in [0.05, 0.1) is 18.6 Å². The van der Waals surface area contributed by atoms with Crippen molar-refractivity contribution >= 4 is 11.3 Å². The first-order valence-electron chi connectivity index (χ1n) is 5.36. The summed E-state index contributed by atoms with van der Waals surface area (Å²) < 4.78 is 5.24. The molecule has 1 aromatic heterocycles. The van der Waals surface area contributed by atoms with Gasteiger partial charge in [-0.05, 0) is 17.9 Å². The van der Waals surface area contributed by atoms with Crippen LogP contribution in [0.1, 0.15) is 11.3 Å². The lowest BCUT2D eigenvalue weighted by molar-refractivity contribution is 0.174. The smallest absolute Gasteiger partial charge is 0.134 e. The Kier molecular flexibility index (Phi) is 6.40. The van der Waals surface area contributed by atoms with E-state index in [0.717, 1.165) is 30.1 Å². The summed E-state index contributed by atoms with van der Waals surface area (Å²) in [5, 5.41) is 19.8. The second-order valence-corrected chi connectivity index (χ2v) is 4.49. The highest BCUT2D eigenvalue weighted by Gasteiger charge is 2.10. The van der Waals surface area contributed by atoms with E-state index < -0.39 is 0 Å². The zero-order valence-electron chi connectivity index (χ0n) is 9.56. The molecule has 0 aromatic carbocycles. The van der Waals surface area contributed by atoms with Gasteiger partial charge in [0.15, 0.2) is 0 Å². The highest BCUT2D eigenvalue weighted by atomic mass is 32.1. The van der Waals surface area contributed by atoms with Gasteiger partial charge < -0.3 is 14.9 Å².